The standard InChI is InChI=1S/C18H24N2O5/c1-12-4-2-3-5-15(12)25-11-16(21)20-14-8-6-13(7-9-14)18(24)19-10-17(22)23/h6-9,12,15H,2-5,10-11H2,1H3,(H,19,24)(H,20,21)(H,22,23)/t12-,15-/m1/s1. The highest BCUT2D eigenvalue weighted by Crippen LogP contribution is 2.26. The number of nitrogens with one attached hydrogen (secondary N) is 2. The molecule has 25 heavy (non-hydrogen) atoms. The van der Waals surface area contributed by atoms with Crippen molar-refractivity contribution < 1.29 is 24.2 Å². The number of carboxylic acids is 1. The first-order valence-electron chi connectivity index (χ1n) is 8.47. The van der Waals surface area contributed by atoms with E-state index in [1.165, 1.54) is 18.6 Å². The Morgan fingerprint density at radius 2 is 1.84 bits per heavy atom. The number of carboxylic acid groups (broad SMARTS) is 1. The maximum Gasteiger partial charge on any atom is 0.322 e. The van der Waals surface area contributed by atoms with E-state index in [0.29, 0.717) is 17.2 Å². The molecule has 0 saturated heterocycles. The predicted molar refractivity (Wildman–Crippen MR) is 92.4 cm³/mol. The van der Waals surface area contributed by atoms with Gasteiger partial charge in [0.05, 0.1) is 6.10 Å². The molecule has 7 nitrogen and oxygen atoms in total. The lowest BCUT2D eigenvalue weighted by molar-refractivity contribution is -0.135. The lowest BCUT2D eigenvalue weighted by Gasteiger charge is -2.28. The van der Waals surface area contributed by atoms with Crippen LogP contribution in [0.5, 0.6) is 0 Å². The molecule has 136 valence electrons. The molecule has 3 N–H and O–H groups in total. The minimum absolute atomic E-state index is 0.00978. The van der Waals surface area contributed by atoms with Gasteiger partial charge in [-0.05, 0) is 43.0 Å². The van der Waals surface area contributed by atoms with E-state index < -0.39 is 18.4 Å². The van der Waals surface area contributed by atoms with Crippen molar-refractivity contribution in [3.05, 3.63) is 29.8 Å². The van der Waals surface area contributed by atoms with E-state index >= 15 is 0 Å². The summed E-state index contributed by atoms with van der Waals surface area (Å²) < 4.78 is 5.71. The number of amides is 2. The molecule has 1 aromatic carbocycles. The highest BCUT2D eigenvalue weighted by Gasteiger charge is 2.22. The van der Waals surface area contributed by atoms with Crippen LogP contribution in [0.2, 0.25) is 0 Å². The Morgan fingerprint density at radius 3 is 2.48 bits per heavy atom. The lowest BCUT2D eigenvalue weighted by atomic mass is 9.88. The zero-order chi connectivity index (χ0) is 18.2. The van der Waals surface area contributed by atoms with E-state index in [1.54, 1.807) is 12.1 Å². The molecule has 1 aliphatic carbocycles. The first-order chi connectivity index (χ1) is 12.0. The Bertz CT molecular complexity index is 614. The fourth-order valence-electron chi connectivity index (χ4n) is 2.87. The third-order valence-electron chi connectivity index (χ3n) is 4.29. The van der Waals surface area contributed by atoms with Crippen LogP contribution in [-0.4, -0.2) is 42.1 Å². The summed E-state index contributed by atoms with van der Waals surface area (Å²) in [6.45, 7) is 1.72. The van der Waals surface area contributed by atoms with Gasteiger partial charge in [0.25, 0.3) is 5.91 Å². The summed E-state index contributed by atoms with van der Waals surface area (Å²) in [4.78, 5) is 34.1. The van der Waals surface area contributed by atoms with Crippen molar-refractivity contribution in [1.29, 1.82) is 0 Å². The summed E-state index contributed by atoms with van der Waals surface area (Å²) in [5.74, 6) is -1.34. The third kappa shape index (κ3) is 6.19. The number of benzene rings is 1. The molecule has 1 fully saturated rings. The van der Waals surface area contributed by atoms with Gasteiger partial charge < -0.3 is 20.5 Å². The lowest BCUT2D eigenvalue weighted by Crippen LogP contribution is -2.30. The van der Waals surface area contributed by atoms with Gasteiger partial charge in [0.15, 0.2) is 0 Å². The second-order valence-electron chi connectivity index (χ2n) is 6.31. The van der Waals surface area contributed by atoms with Gasteiger partial charge in [-0.2, -0.15) is 0 Å². The maximum absolute atomic E-state index is 12.0. The van der Waals surface area contributed by atoms with Gasteiger partial charge in [0, 0.05) is 11.3 Å². The summed E-state index contributed by atoms with van der Waals surface area (Å²) in [6.07, 6.45) is 4.63. The number of carbonyl (C=O) groups is 3. The van der Waals surface area contributed by atoms with Gasteiger partial charge in [-0.1, -0.05) is 19.8 Å². The average molecular weight is 348 g/mol. The van der Waals surface area contributed by atoms with Gasteiger partial charge in [-0.25, -0.2) is 0 Å². The molecule has 1 saturated carbocycles. The smallest absolute Gasteiger partial charge is 0.322 e. The zero-order valence-electron chi connectivity index (χ0n) is 14.3. The summed E-state index contributed by atoms with van der Waals surface area (Å²) in [5.41, 5.74) is 0.881. The minimum atomic E-state index is -1.11. The van der Waals surface area contributed by atoms with Crippen LogP contribution in [0.1, 0.15) is 43.0 Å². The largest absolute Gasteiger partial charge is 0.480 e. The molecule has 2 amide bonds. The molecule has 0 spiro atoms. The summed E-state index contributed by atoms with van der Waals surface area (Å²) in [5, 5.41) is 13.5. The fraction of sp³-hybridized carbons (Fsp3) is 0.500. The second kappa shape index (κ2) is 9.17. The molecular weight excluding hydrogens is 324 g/mol. The second-order valence-corrected chi connectivity index (χ2v) is 6.31. The number of anilines is 1. The highest BCUT2D eigenvalue weighted by molar-refractivity contribution is 5.97. The van der Waals surface area contributed by atoms with Crippen molar-refractivity contribution in [3.63, 3.8) is 0 Å². The number of ether oxygens (including phenoxy) is 1. The normalized spacial score (nSPS) is 19.9. The van der Waals surface area contributed by atoms with Crippen molar-refractivity contribution in [2.24, 2.45) is 5.92 Å². The number of rotatable bonds is 7. The van der Waals surface area contributed by atoms with Gasteiger partial charge in [-0.15, -0.1) is 0 Å². The van der Waals surface area contributed by atoms with Crippen molar-refractivity contribution in [3.8, 4) is 0 Å². The van der Waals surface area contributed by atoms with Crippen LogP contribution >= 0.6 is 0 Å². The van der Waals surface area contributed by atoms with E-state index in [-0.39, 0.29) is 18.6 Å². The molecule has 0 bridgehead atoms. The molecule has 7 heteroatoms. The molecule has 0 unspecified atom stereocenters. The zero-order valence-corrected chi connectivity index (χ0v) is 14.3. The van der Waals surface area contributed by atoms with E-state index in [2.05, 4.69) is 17.6 Å². The van der Waals surface area contributed by atoms with Gasteiger partial charge in [-0.3, -0.25) is 14.4 Å². The Kier molecular flexibility index (Phi) is 6.94. The van der Waals surface area contributed by atoms with Gasteiger partial charge >= 0.3 is 5.97 Å². The van der Waals surface area contributed by atoms with Crippen LogP contribution in [0.4, 0.5) is 5.69 Å². The van der Waals surface area contributed by atoms with Crippen LogP contribution in [0.15, 0.2) is 24.3 Å². The number of carbonyl (C=O) groups excluding carboxylic acids is 2. The van der Waals surface area contributed by atoms with E-state index in [4.69, 9.17) is 9.84 Å². The van der Waals surface area contributed by atoms with Crippen LogP contribution in [0, 0.1) is 5.92 Å². The Hall–Kier alpha value is -2.41. The molecule has 0 heterocycles. The minimum Gasteiger partial charge on any atom is -0.480 e. The van der Waals surface area contributed by atoms with Crippen molar-refractivity contribution in [2.45, 2.75) is 38.7 Å². The fourth-order valence-corrected chi connectivity index (χ4v) is 2.87. The summed E-state index contributed by atoms with van der Waals surface area (Å²) in [6, 6.07) is 6.24. The van der Waals surface area contributed by atoms with E-state index in [9.17, 15) is 14.4 Å². The summed E-state index contributed by atoms with van der Waals surface area (Å²) >= 11 is 0. The molecule has 0 aliphatic heterocycles. The molecule has 0 aromatic heterocycles. The first-order valence-corrected chi connectivity index (χ1v) is 8.47. The summed E-state index contributed by atoms with van der Waals surface area (Å²) in [7, 11) is 0. The van der Waals surface area contributed by atoms with Crippen molar-refractivity contribution in [2.75, 3.05) is 18.5 Å². The monoisotopic (exact) mass is 348 g/mol. The predicted octanol–water partition coefficient (Wildman–Crippen LogP) is 2.03. The highest BCUT2D eigenvalue weighted by atomic mass is 16.5. The van der Waals surface area contributed by atoms with Crippen LogP contribution < -0.4 is 10.6 Å². The quantitative estimate of drug-likeness (QED) is 0.699. The topological polar surface area (TPSA) is 105 Å². The molecule has 1 aliphatic rings. The third-order valence-corrected chi connectivity index (χ3v) is 4.29. The average Bonchev–Trinajstić information content (AvgIpc) is 2.59. The van der Waals surface area contributed by atoms with Crippen LogP contribution in [-0.2, 0) is 14.3 Å². The van der Waals surface area contributed by atoms with Gasteiger partial charge in [0.2, 0.25) is 5.91 Å². The number of hydrogen-bond donors (Lipinski definition) is 3. The molecular formula is C18H24N2O5. The number of hydrogen-bond acceptors (Lipinski definition) is 4. The molecule has 2 atom stereocenters. The molecule has 1 aromatic rings. The van der Waals surface area contributed by atoms with E-state index in [1.807, 2.05) is 0 Å². The van der Waals surface area contributed by atoms with Gasteiger partial charge in [0.1, 0.15) is 13.2 Å². The Balaban J connectivity index is 1.78. The maximum atomic E-state index is 12.0. The Labute approximate surface area is 146 Å². The molecule has 0 radical (unpaired) electrons. The van der Waals surface area contributed by atoms with E-state index in [0.717, 1.165) is 19.3 Å². The van der Waals surface area contributed by atoms with Crippen molar-refractivity contribution in [1.82, 2.24) is 5.32 Å². The van der Waals surface area contributed by atoms with Crippen LogP contribution in [0.25, 0.3) is 0 Å². The van der Waals surface area contributed by atoms with Crippen LogP contribution in [0.3, 0.4) is 0 Å². The number of aliphatic carboxylic acids is 1. The first kappa shape index (κ1) is 18.9. The Morgan fingerprint density at radius 1 is 1.16 bits per heavy atom. The SMILES string of the molecule is C[C@@H]1CCCC[C@H]1OCC(=O)Nc1ccc(C(=O)NCC(=O)O)cc1. The van der Waals surface area contributed by atoms with Crippen molar-refractivity contribution >= 4 is 23.5 Å². The molecule has 2 rings (SSSR count).